The molecule has 0 aliphatic carbocycles. The third kappa shape index (κ3) is 2.60. The fourth-order valence-electron chi connectivity index (χ4n) is 1.13. The number of aliphatic hydroxyl groups excluding tert-OH is 1. The Morgan fingerprint density at radius 2 is 1.69 bits per heavy atom. The van der Waals surface area contributed by atoms with Crippen molar-refractivity contribution in [2.24, 2.45) is 0 Å². The van der Waals surface area contributed by atoms with Crippen molar-refractivity contribution in [1.82, 2.24) is 4.98 Å². The van der Waals surface area contributed by atoms with Gasteiger partial charge in [0.25, 0.3) is 11.9 Å². The molecule has 1 heterocycles. The van der Waals surface area contributed by atoms with Crippen LogP contribution in [0.15, 0.2) is 0 Å². The average molecular weight is 238 g/mol. The minimum atomic E-state index is -1.71. The second-order valence-electron chi connectivity index (χ2n) is 3.25. The maximum absolute atomic E-state index is 13.1. The molecule has 0 spiro atoms. The van der Waals surface area contributed by atoms with Crippen LogP contribution in [0.5, 0.6) is 0 Å². The van der Waals surface area contributed by atoms with Crippen molar-refractivity contribution in [3.05, 3.63) is 23.5 Å². The van der Waals surface area contributed by atoms with E-state index in [4.69, 9.17) is 5.11 Å². The van der Waals surface area contributed by atoms with Gasteiger partial charge in [-0.05, 0) is 13.3 Å². The number of aliphatic hydroxyl groups is 1. The van der Waals surface area contributed by atoms with E-state index in [0.29, 0.717) is 0 Å². The maximum atomic E-state index is 13.1. The number of aromatic nitrogens is 1. The molecule has 0 radical (unpaired) electrons. The summed E-state index contributed by atoms with van der Waals surface area (Å²) in [4.78, 5) is 2.41. The van der Waals surface area contributed by atoms with Gasteiger partial charge in [-0.1, -0.05) is 0 Å². The molecule has 0 aliphatic heterocycles. The van der Waals surface area contributed by atoms with Gasteiger partial charge in [-0.25, -0.2) is 0 Å². The monoisotopic (exact) mass is 238 g/mol. The van der Waals surface area contributed by atoms with Crippen LogP contribution < -0.4 is 5.32 Å². The zero-order valence-electron chi connectivity index (χ0n) is 8.40. The molecule has 0 amide bonds. The number of nitrogens with zero attached hydrogens (tertiary/aromatic N) is 1. The van der Waals surface area contributed by atoms with E-state index in [9.17, 15) is 17.6 Å². The number of nitrogens with one attached hydrogen (secondary N) is 1. The summed E-state index contributed by atoms with van der Waals surface area (Å²) in [6.45, 7) is 1.29. The topological polar surface area (TPSA) is 45.1 Å². The number of pyridine rings is 1. The number of hydrogen-bond donors (Lipinski definition) is 2. The number of anilines is 1. The van der Waals surface area contributed by atoms with Gasteiger partial charge in [0.1, 0.15) is 5.69 Å². The molecular weight excluding hydrogens is 228 g/mol. The molecule has 7 heteroatoms. The minimum Gasteiger partial charge on any atom is -0.396 e. The van der Waals surface area contributed by atoms with Crippen LogP contribution in [0, 0.1) is 23.5 Å². The smallest absolute Gasteiger partial charge is 0.253 e. The molecule has 2 N–H and O–H groups in total. The Labute approximate surface area is 89.1 Å². The van der Waals surface area contributed by atoms with Crippen LogP contribution >= 0.6 is 0 Å². The summed E-state index contributed by atoms with van der Waals surface area (Å²) in [6, 6.07) is -0.532. The lowest BCUT2D eigenvalue weighted by Gasteiger charge is -2.15. The van der Waals surface area contributed by atoms with Gasteiger partial charge in [0.05, 0.1) is 0 Å². The highest BCUT2D eigenvalue weighted by atomic mass is 19.2. The molecule has 0 bridgehead atoms. The Bertz CT molecular complexity index is 360. The first-order valence-electron chi connectivity index (χ1n) is 4.54. The molecule has 3 nitrogen and oxygen atoms in total. The second kappa shape index (κ2) is 5.11. The van der Waals surface area contributed by atoms with Gasteiger partial charge in [0.15, 0.2) is 0 Å². The van der Waals surface area contributed by atoms with Gasteiger partial charge < -0.3 is 10.4 Å². The van der Waals surface area contributed by atoms with Crippen molar-refractivity contribution < 1.29 is 22.7 Å². The quantitative estimate of drug-likeness (QED) is 0.621. The number of rotatable bonds is 4. The highest BCUT2D eigenvalue weighted by Gasteiger charge is 2.21. The van der Waals surface area contributed by atoms with Crippen LogP contribution in [0.1, 0.15) is 13.3 Å². The van der Waals surface area contributed by atoms with E-state index >= 15 is 0 Å². The van der Waals surface area contributed by atoms with E-state index in [1.807, 2.05) is 0 Å². The number of halogens is 4. The lowest BCUT2D eigenvalue weighted by atomic mass is 10.2. The molecular formula is C9H10F4N2O. The molecule has 0 aliphatic rings. The third-order valence-corrected chi connectivity index (χ3v) is 1.95. The zero-order chi connectivity index (χ0) is 12.3. The van der Waals surface area contributed by atoms with E-state index in [2.05, 4.69) is 10.3 Å². The molecule has 16 heavy (non-hydrogen) atoms. The van der Waals surface area contributed by atoms with Gasteiger partial charge in [-0.3, -0.25) is 0 Å². The average Bonchev–Trinajstić information content (AvgIpc) is 2.22. The van der Waals surface area contributed by atoms with Crippen molar-refractivity contribution in [2.45, 2.75) is 19.4 Å². The second-order valence-corrected chi connectivity index (χ2v) is 3.25. The SMILES string of the molecule is CC(CCO)Nc1c(F)c(F)nc(F)c1F. The predicted octanol–water partition coefficient (Wildman–Crippen LogP) is 1.82. The largest absolute Gasteiger partial charge is 0.396 e. The molecule has 1 aromatic rings. The molecule has 90 valence electrons. The standard InChI is InChI=1S/C9H10F4N2O/c1-4(2-3-16)14-7-5(10)8(12)15-9(13)6(7)11/h4,16H,2-3H2,1H3,(H,14,15). The lowest BCUT2D eigenvalue weighted by Crippen LogP contribution is -2.20. The fraction of sp³-hybridized carbons (Fsp3) is 0.444. The molecule has 0 fully saturated rings. The first-order valence-corrected chi connectivity index (χ1v) is 4.54. The van der Waals surface area contributed by atoms with Crippen LogP contribution in [0.2, 0.25) is 0 Å². The summed E-state index contributed by atoms with van der Waals surface area (Å²) in [7, 11) is 0. The summed E-state index contributed by atoms with van der Waals surface area (Å²) >= 11 is 0. The summed E-state index contributed by atoms with van der Waals surface area (Å²) in [6.07, 6.45) is 0.185. The van der Waals surface area contributed by atoms with Crippen molar-refractivity contribution >= 4 is 5.69 Å². The van der Waals surface area contributed by atoms with Gasteiger partial charge >= 0.3 is 0 Å². The molecule has 1 aromatic heterocycles. The van der Waals surface area contributed by atoms with E-state index in [1.54, 1.807) is 0 Å². The summed E-state index contributed by atoms with van der Waals surface area (Å²) < 4.78 is 51.5. The van der Waals surface area contributed by atoms with Crippen molar-refractivity contribution in [1.29, 1.82) is 0 Å². The molecule has 0 saturated carbocycles. The van der Waals surface area contributed by atoms with E-state index in [-0.39, 0.29) is 13.0 Å². The van der Waals surface area contributed by atoms with E-state index in [0.717, 1.165) is 0 Å². The van der Waals surface area contributed by atoms with E-state index in [1.165, 1.54) is 6.92 Å². The molecule has 1 rings (SSSR count). The maximum Gasteiger partial charge on any atom is 0.253 e. The predicted molar refractivity (Wildman–Crippen MR) is 48.9 cm³/mol. The van der Waals surface area contributed by atoms with Gasteiger partial charge in [-0.2, -0.15) is 22.5 Å². The van der Waals surface area contributed by atoms with Crippen LogP contribution in [-0.2, 0) is 0 Å². The normalized spacial score (nSPS) is 12.6. The van der Waals surface area contributed by atoms with Crippen molar-refractivity contribution in [3.63, 3.8) is 0 Å². The Balaban J connectivity index is 3.03. The Hall–Kier alpha value is -1.37. The molecule has 0 saturated heterocycles. The molecule has 1 unspecified atom stereocenters. The summed E-state index contributed by atoms with van der Waals surface area (Å²) in [5.41, 5.74) is -0.911. The first kappa shape index (κ1) is 12.7. The summed E-state index contributed by atoms with van der Waals surface area (Å²) in [5, 5.41) is 10.8. The highest BCUT2D eigenvalue weighted by molar-refractivity contribution is 5.46. The Morgan fingerprint density at radius 3 is 2.12 bits per heavy atom. The minimum absolute atomic E-state index is 0.185. The highest BCUT2D eigenvalue weighted by Crippen LogP contribution is 2.22. The van der Waals surface area contributed by atoms with Crippen molar-refractivity contribution in [3.8, 4) is 0 Å². The van der Waals surface area contributed by atoms with Crippen LogP contribution in [0.4, 0.5) is 23.2 Å². The van der Waals surface area contributed by atoms with Crippen LogP contribution in [0.25, 0.3) is 0 Å². The summed E-state index contributed by atoms with van der Waals surface area (Å²) in [5.74, 6) is -6.58. The Morgan fingerprint density at radius 1 is 1.19 bits per heavy atom. The third-order valence-electron chi connectivity index (χ3n) is 1.95. The van der Waals surface area contributed by atoms with E-state index < -0.39 is 35.3 Å². The van der Waals surface area contributed by atoms with Gasteiger partial charge in [0, 0.05) is 12.6 Å². The molecule has 0 aromatic carbocycles. The lowest BCUT2D eigenvalue weighted by molar-refractivity contribution is 0.281. The van der Waals surface area contributed by atoms with Gasteiger partial charge in [-0.15, -0.1) is 0 Å². The number of hydrogen-bond acceptors (Lipinski definition) is 3. The fourth-order valence-corrected chi connectivity index (χ4v) is 1.13. The van der Waals surface area contributed by atoms with Crippen LogP contribution in [-0.4, -0.2) is 22.7 Å². The van der Waals surface area contributed by atoms with Crippen LogP contribution in [0.3, 0.4) is 0 Å². The first-order chi connectivity index (χ1) is 7.47. The Kier molecular flexibility index (Phi) is 4.05. The van der Waals surface area contributed by atoms with Gasteiger partial charge in [0.2, 0.25) is 11.6 Å². The zero-order valence-corrected chi connectivity index (χ0v) is 8.40. The molecule has 1 atom stereocenters. The van der Waals surface area contributed by atoms with Crippen molar-refractivity contribution in [2.75, 3.05) is 11.9 Å².